The first-order valence-electron chi connectivity index (χ1n) is 12.9. The molecule has 1 aliphatic rings. The van der Waals surface area contributed by atoms with Gasteiger partial charge in [-0.2, -0.15) is 4.39 Å². The molecule has 2 aromatic rings. The van der Waals surface area contributed by atoms with E-state index in [1.165, 1.54) is 27.3 Å². The number of carbonyl (C=O) groups is 1. The van der Waals surface area contributed by atoms with Crippen LogP contribution in [0.15, 0.2) is 82.5 Å². The van der Waals surface area contributed by atoms with Gasteiger partial charge in [-0.15, -0.1) is 0 Å². The number of hydrogen-bond donors (Lipinski definition) is 1. The first kappa shape index (κ1) is 29.5. The summed E-state index contributed by atoms with van der Waals surface area (Å²) in [5.41, 5.74) is 10.7. The molecule has 0 saturated carbocycles. The zero-order valence-electron chi connectivity index (χ0n) is 23.7. The van der Waals surface area contributed by atoms with Gasteiger partial charge >= 0.3 is 0 Å². The number of amides is 1. The van der Waals surface area contributed by atoms with Crippen molar-refractivity contribution in [3.05, 3.63) is 105 Å². The molecule has 1 amide bonds. The van der Waals surface area contributed by atoms with E-state index in [4.69, 9.17) is 5.73 Å². The zero-order valence-corrected chi connectivity index (χ0v) is 23.7. The molecule has 1 aliphatic heterocycles. The number of halogens is 1. The van der Waals surface area contributed by atoms with Crippen molar-refractivity contribution in [2.45, 2.75) is 40.2 Å². The molecule has 206 valence electrons. The van der Waals surface area contributed by atoms with Crippen molar-refractivity contribution in [2.75, 3.05) is 32.9 Å². The van der Waals surface area contributed by atoms with E-state index in [0.717, 1.165) is 41.9 Å². The number of pyridine rings is 2. The van der Waals surface area contributed by atoms with E-state index in [1.54, 1.807) is 32.4 Å². The summed E-state index contributed by atoms with van der Waals surface area (Å²) in [6, 6.07) is 3.22. The van der Waals surface area contributed by atoms with Gasteiger partial charge in [-0.3, -0.25) is 24.0 Å². The van der Waals surface area contributed by atoms with Crippen LogP contribution in [0.3, 0.4) is 0 Å². The third-order valence-electron chi connectivity index (χ3n) is 7.20. The van der Waals surface area contributed by atoms with E-state index in [-0.39, 0.29) is 17.6 Å². The molecule has 0 radical (unpaired) electrons. The Labute approximate surface area is 230 Å². The lowest BCUT2D eigenvalue weighted by Gasteiger charge is -2.33. The minimum atomic E-state index is -0.965. The highest BCUT2D eigenvalue weighted by Gasteiger charge is 2.20. The van der Waals surface area contributed by atoms with Crippen LogP contribution >= 0.6 is 0 Å². The third kappa shape index (κ3) is 6.70. The summed E-state index contributed by atoms with van der Waals surface area (Å²) in [7, 11) is 3.44. The fourth-order valence-electron chi connectivity index (χ4n) is 4.51. The average Bonchev–Trinajstić information content (AvgIpc) is 2.92. The minimum absolute atomic E-state index is 0.0765. The number of likely N-dealkylation sites (N-methyl/N-ethyl adjacent to an activating group) is 1. The normalized spacial score (nSPS) is 16.1. The molecule has 0 bridgehead atoms. The number of anilines is 1. The van der Waals surface area contributed by atoms with Crippen LogP contribution in [0.4, 0.5) is 10.1 Å². The van der Waals surface area contributed by atoms with E-state index < -0.39 is 11.4 Å². The molecule has 3 heterocycles. The maximum absolute atomic E-state index is 14.3. The maximum Gasteiger partial charge on any atom is 0.293 e. The summed E-state index contributed by atoms with van der Waals surface area (Å²) >= 11 is 0. The van der Waals surface area contributed by atoms with Crippen molar-refractivity contribution in [3.8, 4) is 5.69 Å². The highest BCUT2D eigenvalue weighted by Crippen LogP contribution is 2.25. The number of aryl methyl sites for hydroxylation is 1. The SMILES string of the molecule is C=C/C(=C\C=C(/C)C1=CCN(C(C)/C(C)=C/c2c(-n3ccc(N)c(F)c3=O)ccnc2C)CC1)C(=O)N(C)C. The van der Waals surface area contributed by atoms with E-state index in [1.807, 2.05) is 25.2 Å². The van der Waals surface area contributed by atoms with Crippen molar-refractivity contribution in [1.29, 1.82) is 0 Å². The van der Waals surface area contributed by atoms with Gasteiger partial charge in [0, 0.05) is 62.5 Å². The van der Waals surface area contributed by atoms with Crippen LogP contribution in [0.5, 0.6) is 0 Å². The van der Waals surface area contributed by atoms with Gasteiger partial charge in [-0.25, -0.2) is 0 Å². The summed E-state index contributed by atoms with van der Waals surface area (Å²) < 4.78 is 15.5. The number of carbonyl (C=O) groups excluding carboxylic acids is 1. The molecule has 0 fully saturated rings. The van der Waals surface area contributed by atoms with Crippen LogP contribution in [0.25, 0.3) is 11.8 Å². The number of nitrogen functional groups attached to an aromatic ring is 1. The Morgan fingerprint density at radius 1 is 1.26 bits per heavy atom. The van der Waals surface area contributed by atoms with Gasteiger partial charge in [0.05, 0.1) is 11.4 Å². The molecule has 39 heavy (non-hydrogen) atoms. The molecule has 1 atom stereocenters. The summed E-state index contributed by atoms with van der Waals surface area (Å²) in [5, 5.41) is 0. The molecule has 2 aromatic heterocycles. The number of nitrogens with zero attached hydrogens (tertiary/aromatic N) is 4. The fraction of sp³-hybridized carbons (Fsp3) is 0.323. The predicted molar refractivity (Wildman–Crippen MR) is 157 cm³/mol. The molecule has 0 saturated heterocycles. The summed E-state index contributed by atoms with van der Waals surface area (Å²) in [6.07, 6.45) is 13.6. The van der Waals surface area contributed by atoms with Gasteiger partial charge in [0.2, 0.25) is 5.82 Å². The third-order valence-corrected chi connectivity index (χ3v) is 7.20. The van der Waals surface area contributed by atoms with E-state index in [2.05, 4.69) is 43.3 Å². The standard InChI is InChI=1S/C31H38FN5O2/c1-8-24(30(38)35(6)7)10-9-20(2)25-12-16-36(17-13-25)23(5)21(3)19-26-22(4)34-15-11-28(26)37-18-14-27(33)29(32)31(37)39/h8-12,14-15,18-19,23H,1,13,16-17,33H2,2-7H3/b20-9+,21-19+,24-10+. The van der Waals surface area contributed by atoms with Gasteiger partial charge in [-0.1, -0.05) is 36.5 Å². The minimum Gasteiger partial charge on any atom is -0.396 e. The second-order valence-electron chi connectivity index (χ2n) is 10.0. The Balaban J connectivity index is 1.82. The number of aromatic nitrogens is 2. The topological polar surface area (TPSA) is 84.5 Å². The number of nitrogens with two attached hydrogens (primary N) is 1. The first-order valence-corrected chi connectivity index (χ1v) is 12.9. The van der Waals surface area contributed by atoms with Gasteiger partial charge < -0.3 is 10.6 Å². The second kappa shape index (κ2) is 12.7. The Morgan fingerprint density at radius 3 is 2.59 bits per heavy atom. The molecule has 1 unspecified atom stereocenters. The van der Waals surface area contributed by atoms with Crippen molar-refractivity contribution in [2.24, 2.45) is 0 Å². The van der Waals surface area contributed by atoms with Crippen molar-refractivity contribution in [3.63, 3.8) is 0 Å². The predicted octanol–water partition coefficient (Wildman–Crippen LogP) is 4.83. The second-order valence-corrected chi connectivity index (χ2v) is 10.0. The lowest BCUT2D eigenvalue weighted by atomic mass is 9.97. The highest BCUT2D eigenvalue weighted by atomic mass is 19.1. The Morgan fingerprint density at radius 2 is 1.97 bits per heavy atom. The molecule has 0 aliphatic carbocycles. The summed E-state index contributed by atoms with van der Waals surface area (Å²) in [5.74, 6) is -1.04. The van der Waals surface area contributed by atoms with Crippen molar-refractivity contribution in [1.82, 2.24) is 19.4 Å². The maximum atomic E-state index is 14.3. The molecule has 3 rings (SSSR count). The Hall–Kier alpha value is -4.04. The van der Waals surface area contributed by atoms with Crippen LogP contribution in [0.2, 0.25) is 0 Å². The van der Waals surface area contributed by atoms with Crippen LogP contribution in [-0.4, -0.2) is 58.5 Å². The lowest BCUT2D eigenvalue weighted by Crippen LogP contribution is -2.37. The highest BCUT2D eigenvalue weighted by molar-refractivity contribution is 5.96. The van der Waals surface area contributed by atoms with Gasteiger partial charge in [0.25, 0.3) is 11.5 Å². The molecular weight excluding hydrogens is 493 g/mol. The first-order chi connectivity index (χ1) is 18.5. The van der Waals surface area contributed by atoms with E-state index >= 15 is 0 Å². The van der Waals surface area contributed by atoms with Crippen LogP contribution in [-0.2, 0) is 4.79 Å². The van der Waals surface area contributed by atoms with Gasteiger partial charge in [0.15, 0.2) is 0 Å². The molecule has 7 nitrogen and oxygen atoms in total. The van der Waals surface area contributed by atoms with Crippen molar-refractivity contribution < 1.29 is 9.18 Å². The largest absolute Gasteiger partial charge is 0.396 e. The Bertz CT molecular complexity index is 1450. The van der Waals surface area contributed by atoms with Gasteiger partial charge in [-0.05, 0) is 63.5 Å². The quantitative estimate of drug-likeness (QED) is 0.390. The van der Waals surface area contributed by atoms with Crippen LogP contribution < -0.4 is 11.3 Å². The lowest BCUT2D eigenvalue weighted by molar-refractivity contribution is -0.124. The number of allylic oxidation sites excluding steroid dienone is 3. The molecule has 0 spiro atoms. The van der Waals surface area contributed by atoms with Gasteiger partial charge in [0.1, 0.15) is 0 Å². The number of hydrogen-bond acceptors (Lipinski definition) is 5. The summed E-state index contributed by atoms with van der Waals surface area (Å²) in [4.78, 5) is 33.1. The fourth-order valence-corrected chi connectivity index (χ4v) is 4.51. The van der Waals surface area contributed by atoms with E-state index in [9.17, 15) is 14.0 Å². The zero-order chi connectivity index (χ0) is 28.9. The number of rotatable bonds is 8. The molecule has 8 heteroatoms. The smallest absolute Gasteiger partial charge is 0.293 e. The average molecular weight is 532 g/mol. The molecule has 2 N–H and O–H groups in total. The Kier molecular flexibility index (Phi) is 9.59. The molecular formula is C31H38FN5O2. The summed E-state index contributed by atoms with van der Waals surface area (Å²) in [6.45, 7) is 13.5. The van der Waals surface area contributed by atoms with Crippen LogP contribution in [0.1, 0.15) is 38.4 Å². The van der Waals surface area contributed by atoms with Crippen molar-refractivity contribution >= 4 is 17.7 Å². The molecule has 0 aromatic carbocycles. The van der Waals surface area contributed by atoms with Crippen LogP contribution in [0, 0.1) is 12.7 Å². The van der Waals surface area contributed by atoms with E-state index in [0.29, 0.717) is 11.3 Å². The monoisotopic (exact) mass is 531 g/mol.